The summed E-state index contributed by atoms with van der Waals surface area (Å²) in [5, 5.41) is 11.5. The predicted molar refractivity (Wildman–Crippen MR) is 80.6 cm³/mol. The Labute approximate surface area is 133 Å². The number of nitrogens with one attached hydrogen (secondary N) is 1. The standard InChI is InChI=1S/C15H19ClFNO4/c1-8-5-6-10(16)9(12(8)17)7-11(13(19)20)18-14(21)22-15(2,3)4/h5-6,11H,7H2,1-4H3,(H,18,21)(H,19,20). The van der Waals surface area contributed by atoms with Crippen molar-refractivity contribution in [2.45, 2.75) is 45.8 Å². The van der Waals surface area contributed by atoms with E-state index in [-0.39, 0.29) is 17.0 Å². The molecule has 0 aliphatic carbocycles. The minimum Gasteiger partial charge on any atom is -0.480 e. The summed E-state index contributed by atoms with van der Waals surface area (Å²) in [7, 11) is 0. The van der Waals surface area contributed by atoms with Gasteiger partial charge in [-0.1, -0.05) is 17.7 Å². The van der Waals surface area contributed by atoms with Gasteiger partial charge >= 0.3 is 12.1 Å². The van der Waals surface area contributed by atoms with Crippen LogP contribution in [-0.4, -0.2) is 28.8 Å². The molecule has 22 heavy (non-hydrogen) atoms. The predicted octanol–water partition coefficient (Wildman–Crippen LogP) is 3.31. The Hall–Kier alpha value is -1.82. The van der Waals surface area contributed by atoms with E-state index in [4.69, 9.17) is 16.3 Å². The molecule has 0 saturated carbocycles. The zero-order chi connectivity index (χ0) is 17.1. The van der Waals surface area contributed by atoms with Gasteiger partial charge in [-0.3, -0.25) is 0 Å². The average Bonchev–Trinajstić information content (AvgIpc) is 2.35. The van der Waals surface area contributed by atoms with Crippen molar-refractivity contribution in [1.82, 2.24) is 5.32 Å². The second-order valence-corrected chi connectivity index (χ2v) is 6.31. The molecule has 0 aromatic heterocycles. The molecule has 1 atom stereocenters. The molecule has 0 radical (unpaired) electrons. The van der Waals surface area contributed by atoms with Gasteiger partial charge in [-0.2, -0.15) is 0 Å². The average molecular weight is 332 g/mol. The third-order valence-electron chi connectivity index (χ3n) is 2.78. The molecule has 0 fully saturated rings. The summed E-state index contributed by atoms with van der Waals surface area (Å²) in [6, 6.07) is 1.64. The fourth-order valence-corrected chi connectivity index (χ4v) is 1.98. The lowest BCUT2D eigenvalue weighted by atomic mass is 10.0. The minimum absolute atomic E-state index is 0.0464. The number of hydrogen-bond donors (Lipinski definition) is 2. The fourth-order valence-electron chi connectivity index (χ4n) is 1.76. The van der Waals surface area contributed by atoms with Crippen molar-refractivity contribution in [2.24, 2.45) is 0 Å². The number of carbonyl (C=O) groups excluding carboxylic acids is 1. The molecule has 1 amide bonds. The molecule has 0 spiro atoms. The first-order valence-corrected chi connectivity index (χ1v) is 7.05. The van der Waals surface area contributed by atoms with Gasteiger partial charge in [-0.25, -0.2) is 14.0 Å². The van der Waals surface area contributed by atoms with E-state index in [9.17, 15) is 19.1 Å². The van der Waals surface area contributed by atoms with E-state index in [0.717, 1.165) is 0 Å². The van der Waals surface area contributed by atoms with Crippen LogP contribution in [0.3, 0.4) is 0 Å². The molecular weight excluding hydrogens is 313 g/mol. The number of carboxylic acid groups (broad SMARTS) is 1. The first kappa shape index (κ1) is 18.2. The number of rotatable bonds is 4. The number of benzene rings is 1. The van der Waals surface area contributed by atoms with Crippen LogP contribution in [0.15, 0.2) is 12.1 Å². The minimum atomic E-state index is -1.34. The van der Waals surface area contributed by atoms with E-state index in [1.807, 2.05) is 0 Å². The molecule has 0 saturated heterocycles. The van der Waals surface area contributed by atoms with E-state index in [1.165, 1.54) is 12.1 Å². The van der Waals surface area contributed by atoms with Gasteiger partial charge in [0.15, 0.2) is 0 Å². The molecule has 1 unspecified atom stereocenters. The Bertz CT molecular complexity index is 584. The van der Waals surface area contributed by atoms with Crippen LogP contribution in [0, 0.1) is 12.7 Å². The highest BCUT2D eigenvalue weighted by molar-refractivity contribution is 6.31. The summed E-state index contributed by atoms with van der Waals surface area (Å²) in [4.78, 5) is 23.0. The molecule has 1 aromatic rings. The van der Waals surface area contributed by atoms with Gasteiger partial charge in [-0.15, -0.1) is 0 Å². The number of alkyl carbamates (subject to hydrolysis) is 1. The van der Waals surface area contributed by atoms with Gasteiger partial charge in [0, 0.05) is 17.0 Å². The van der Waals surface area contributed by atoms with Crippen molar-refractivity contribution in [3.8, 4) is 0 Å². The molecule has 0 aliphatic rings. The van der Waals surface area contributed by atoms with E-state index in [1.54, 1.807) is 27.7 Å². The van der Waals surface area contributed by atoms with Gasteiger partial charge in [0.25, 0.3) is 0 Å². The number of amides is 1. The lowest BCUT2D eigenvalue weighted by molar-refractivity contribution is -0.139. The van der Waals surface area contributed by atoms with E-state index < -0.39 is 29.5 Å². The zero-order valence-corrected chi connectivity index (χ0v) is 13.6. The molecule has 7 heteroatoms. The Morgan fingerprint density at radius 2 is 2.00 bits per heavy atom. The van der Waals surface area contributed by atoms with Gasteiger partial charge in [-0.05, 0) is 39.3 Å². The molecule has 5 nitrogen and oxygen atoms in total. The van der Waals surface area contributed by atoms with E-state index in [2.05, 4.69) is 5.32 Å². The summed E-state index contributed by atoms with van der Waals surface area (Å²) in [6.07, 6.45) is -1.16. The molecule has 0 aliphatic heterocycles. The lowest BCUT2D eigenvalue weighted by Gasteiger charge is -2.22. The van der Waals surface area contributed by atoms with Gasteiger partial charge in [0.05, 0.1) is 0 Å². The van der Waals surface area contributed by atoms with Crippen molar-refractivity contribution in [3.63, 3.8) is 0 Å². The van der Waals surface area contributed by atoms with Crippen molar-refractivity contribution in [3.05, 3.63) is 34.1 Å². The molecule has 0 heterocycles. The first-order chi connectivity index (χ1) is 10.0. The highest BCUT2D eigenvalue weighted by Crippen LogP contribution is 2.23. The number of carboxylic acids is 1. The van der Waals surface area contributed by atoms with E-state index >= 15 is 0 Å². The van der Waals surface area contributed by atoms with Gasteiger partial charge in [0.1, 0.15) is 17.5 Å². The topological polar surface area (TPSA) is 75.6 Å². The highest BCUT2D eigenvalue weighted by Gasteiger charge is 2.26. The molecule has 0 bridgehead atoms. The lowest BCUT2D eigenvalue weighted by Crippen LogP contribution is -2.44. The Balaban J connectivity index is 2.93. The highest BCUT2D eigenvalue weighted by atomic mass is 35.5. The number of ether oxygens (including phenoxy) is 1. The van der Waals surface area contributed by atoms with Crippen molar-refractivity contribution in [1.29, 1.82) is 0 Å². The Kier molecular flexibility index (Phi) is 5.77. The van der Waals surface area contributed by atoms with Crippen LogP contribution in [0.25, 0.3) is 0 Å². The van der Waals surface area contributed by atoms with E-state index in [0.29, 0.717) is 5.56 Å². The number of carbonyl (C=O) groups is 2. The smallest absolute Gasteiger partial charge is 0.408 e. The molecule has 122 valence electrons. The van der Waals surface area contributed by atoms with Crippen LogP contribution >= 0.6 is 11.6 Å². The number of halogens is 2. The third kappa shape index (κ3) is 5.18. The maximum atomic E-state index is 14.1. The Morgan fingerprint density at radius 3 is 2.50 bits per heavy atom. The Morgan fingerprint density at radius 1 is 1.41 bits per heavy atom. The first-order valence-electron chi connectivity index (χ1n) is 6.67. The maximum absolute atomic E-state index is 14.1. The largest absolute Gasteiger partial charge is 0.480 e. The summed E-state index contributed by atoms with van der Waals surface area (Å²) in [6.45, 7) is 6.50. The van der Waals surface area contributed by atoms with Crippen LogP contribution in [0.2, 0.25) is 5.02 Å². The van der Waals surface area contributed by atoms with Crippen molar-refractivity contribution in [2.75, 3.05) is 0 Å². The normalized spacial score (nSPS) is 12.6. The van der Waals surface area contributed by atoms with Gasteiger partial charge in [0.2, 0.25) is 0 Å². The van der Waals surface area contributed by atoms with Crippen LogP contribution in [0.5, 0.6) is 0 Å². The SMILES string of the molecule is Cc1ccc(Cl)c(CC(NC(=O)OC(C)(C)C)C(=O)O)c1F. The molecule has 1 aromatic carbocycles. The second-order valence-electron chi connectivity index (χ2n) is 5.90. The van der Waals surface area contributed by atoms with Crippen molar-refractivity contribution < 1.29 is 23.8 Å². The quantitative estimate of drug-likeness (QED) is 0.887. The molecule has 2 N–H and O–H groups in total. The van der Waals surface area contributed by atoms with Crippen molar-refractivity contribution >= 4 is 23.7 Å². The summed E-state index contributed by atoms with van der Waals surface area (Å²) in [5.74, 6) is -1.88. The summed E-state index contributed by atoms with van der Waals surface area (Å²) < 4.78 is 19.1. The second kappa shape index (κ2) is 6.96. The van der Waals surface area contributed by atoms with Crippen LogP contribution in [-0.2, 0) is 16.0 Å². The van der Waals surface area contributed by atoms with Crippen LogP contribution < -0.4 is 5.32 Å². The maximum Gasteiger partial charge on any atom is 0.408 e. The number of aryl methyl sites for hydroxylation is 1. The molecule has 1 rings (SSSR count). The van der Waals surface area contributed by atoms with Crippen LogP contribution in [0.1, 0.15) is 31.9 Å². The van der Waals surface area contributed by atoms with Crippen LogP contribution in [0.4, 0.5) is 9.18 Å². The number of aliphatic carboxylic acids is 1. The fraction of sp³-hybridized carbons (Fsp3) is 0.467. The monoisotopic (exact) mass is 331 g/mol. The molecular formula is C15H19ClFNO4. The summed E-state index contributed by atoms with van der Waals surface area (Å²) in [5.41, 5.74) is -0.370. The zero-order valence-electron chi connectivity index (χ0n) is 12.9. The van der Waals surface area contributed by atoms with Gasteiger partial charge < -0.3 is 15.2 Å². The third-order valence-corrected chi connectivity index (χ3v) is 3.13. The number of hydrogen-bond acceptors (Lipinski definition) is 3. The summed E-state index contributed by atoms with van der Waals surface area (Å²) >= 11 is 5.92.